The van der Waals surface area contributed by atoms with Gasteiger partial charge in [0.2, 0.25) is 0 Å². The van der Waals surface area contributed by atoms with E-state index in [1.54, 1.807) is 0 Å². The zero-order chi connectivity index (χ0) is 13.7. The minimum absolute atomic E-state index is 0.0891. The Kier molecular flexibility index (Phi) is 2.41. The molecule has 0 aromatic heterocycles. The summed E-state index contributed by atoms with van der Waals surface area (Å²) in [6.45, 7) is 2.16. The Morgan fingerprint density at radius 2 is 1.60 bits per heavy atom. The third-order valence-corrected chi connectivity index (χ3v) is 5.08. The van der Waals surface area contributed by atoms with Crippen LogP contribution in [0, 0.1) is 6.92 Å². The van der Waals surface area contributed by atoms with Gasteiger partial charge < -0.3 is 0 Å². The van der Waals surface area contributed by atoms with Gasteiger partial charge in [-0.05, 0) is 42.0 Å². The van der Waals surface area contributed by atoms with Crippen molar-refractivity contribution >= 4 is 5.78 Å². The first-order chi connectivity index (χ1) is 9.71. The summed E-state index contributed by atoms with van der Waals surface area (Å²) in [6.07, 6.45) is 3.39. The molecule has 0 radical (unpaired) electrons. The Morgan fingerprint density at radius 1 is 0.900 bits per heavy atom. The zero-order valence-corrected chi connectivity index (χ0v) is 11.8. The van der Waals surface area contributed by atoms with Gasteiger partial charge >= 0.3 is 0 Å². The Morgan fingerprint density at radius 3 is 2.40 bits per heavy atom. The Labute approximate surface area is 119 Å². The Bertz CT molecular complexity index is 701. The van der Waals surface area contributed by atoms with Crippen LogP contribution in [0.2, 0.25) is 0 Å². The standard InChI is InChI=1S/C19H18O/c1-13-6-7-16-15-4-2-3-5-17(15)19(18(16)12-13)10-8-14(20)9-11-19/h2-7,12H,8-11H2,1H3. The van der Waals surface area contributed by atoms with Gasteiger partial charge in [0.1, 0.15) is 5.78 Å². The molecule has 0 bridgehead atoms. The van der Waals surface area contributed by atoms with Gasteiger partial charge in [0.25, 0.3) is 0 Å². The van der Waals surface area contributed by atoms with E-state index in [1.165, 1.54) is 27.8 Å². The number of fused-ring (bicyclic) bond motifs is 5. The second kappa shape index (κ2) is 4.05. The molecular weight excluding hydrogens is 244 g/mol. The molecule has 0 aliphatic heterocycles. The molecule has 0 heterocycles. The molecular formula is C19H18O. The van der Waals surface area contributed by atoms with Crippen molar-refractivity contribution in [3.05, 3.63) is 59.2 Å². The largest absolute Gasteiger partial charge is 0.300 e. The molecule has 2 aliphatic rings. The van der Waals surface area contributed by atoms with Gasteiger partial charge in [-0.15, -0.1) is 0 Å². The van der Waals surface area contributed by atoms with E-state index < -0.39 is 0 Å². The predicted molar refractivity (Wildman–Crippen MR) is 80.9 cm³/mol. The zero-order valence-electron chi connectivity index (χ0n) is 11.8. The van der Waals surface area contributed by atoms with Crippen LogP contribution in [0.3, 0.4) is 0 Å². The van der Waals surface area contributed by atoms with E-state index in [0.29, 0.717) is 5.78 Å². The SMILES string of the molecule is Cc1ccc2c(c1)C1(CCC(=O)CC1)c1ccccc1-2. The van der Waals surface area contributed by atoms with Gasteiger partial charge in [-0.2, -0.15) is 0 Å². The maximum atomic E-state index is 11.7. The van der Waals surface area contributed by atoms with Crippen molar-refractivity contribution in [1.29, 1.82) is 0 Å². The molecule has 1 saturated carbocycles. The number of carbonyl (C=O) groups excluding carboxylic acids is 1. The van der Waals surface area contributed by atoms with Crippen molar-refractivity contribution in [3.63, 3.8) is 0 Å². The second-order valence-corrected chi connectivity index (χ2v) is 6.22. The molecule has 2 aromatic carbocycles. The molecule has 0 atom stereocenters. The van der Waals surface area contributed by atoms with Crippen LogP contribution in [-0.2, 0) is 10.2 Å². The summed E-state index contributed by atoms with van der Waals surface area (Å²) in [5, 5.41) is 0. The van der Waals surface area contributed by atoms with Gasteiger partial charge in [0.15, 0.2) is 0 Å². The van der Waals surface area contributed by atoms with E-state index in [1.807, 2.05) is 0 Å². The lowest BCUT2D eigenvalue weighted by molar-refractivity contribution is -0.121. The number of hydrogen-bond acceptors (Lipinski definition) is 1. The van der Waals surface area contributed by atoms with Gasteiger partial charge in [-0.1, -0.05) is 48.0 Å². The molecule has 1 nitrogen and oxygen atoms in total. The average Bonchev–Trinajstić information content (AvgIpc) is 2.73. The quantitative estimate of drug-likeness (QED) is 0.687. The van der Waals surface area contributed by atoms with Crippen molar-refractivity contribution in [2.45, 2.75) is 38.0 Å². The fourth-order valence-corrected chi connectivity index (χ4v) is 4.06. The van der Waals surface area contributed by atoms with E-state index in [2.05, 4.69) is 49.4 Å². The molecule has 1 fully saturated rings. The summed E-state index contributed by atoms with van der Waals surface area (Å²) in [5.41, 5.74) is 7.04. The lowest BCUT2D eigenvalue weighted by Crippen LogP contribution is -2.31. The van der Waals surface area contributed by atoms with E-state index >= 15 is 0 Å². The summed E-state index contributed by atoms with van der Waals surface area (Å²) in [6, 6.07) is 15.5. The first kappa shape index (κ1) is 11.9. The molecule has 2 aliphatic carbocycles. The highest BCUT2D eigenvalue weighted by molar-refractivity contribution is 5.85. The van der Waals surface area contributed by atoms with E-state index in [4.69, 9.17) is 0 Å². The van der Waals surface area contributed by atoms with Gasteiger partial charge in [-0.3, -0.25) is 4.79 Å². The second-order valence-electron chi connectivity index (χ2n) is 6.22. The van der Waals surface area contributed by atoms with Crippen molar-refractivity contribution in [3.8, 4) is 11.1 Å². The Hall–Kier alpha value is -1.89. The highest BCUT2D eigenvalue weighted by atomic mass is 16.1. The molecule has 0 amide bonds. The number of hydrogen-bond donors (Lipinski definition) is 0. The molecule has 1 heteroatoms. The summed E-state index contributed by atoms with van der Waals surface area (Å²) < 4.78 is 0. The fourth-order valence-electron chi connectivity index (χ4n) is 4.06. The van der Waals surface area contributed by atoms with Crippen LogP contribution < -0.4 is 0 Å². The molecule has 0 unspecified atom stereocenters. The monoisotopic (exact) mass is 262 g/mol. The normalized spacial score (nSPS) is 18.9. The lowest BCUT2D eigenvalue weighted by atomic mass is 9.67. The van der Waals surface area contributed by atoms with E-state index in [9.17, 15) is 4.79 Å². The summed E-state index contributed by atoms with van der Waals surface area (Å²) >= 11 is 0. The maximum absolute atomic E-state index is 11.7. The first-order valence-corrected chi connectivity index (χ1v) is 7.43. The number of ketones is 1. The van der Waals surface area contributed by atoms with Gasteiger partial charge in [-0.25, -0.2) is 0 Å². The third-order valence-electron chi connectivity index (χ3n) is 5.08. The topological polar surface area (TPSA) is 17.1 Å². The maximum Gasteiger partial charge on any atom is 0.133 e. The van der Waals surface area contributed by atoms with E-state index in [-0.39, 0.29) is 5.41 Å². The minimum Gasteiger partial charge on any atom is -0.300 e. The lowest BCUT2D eigenvalue weighted by Gasteiger charge is -2.35. The summed E-state index contributed by atoms with van der Waals surface area (Å²) in [7, 11) is 0. The third kappa shape index (κ3) is 1.46. The van der Waals surface area contributed by atoms with Crippen LogP contribution in [0.4, 0.5) is 0 Å². The van der Waals surface area contributed by atoms with Crippen LogP contribution in [0.25, 0.3) is 11.1 Å². The molecule has 2 aromatic rings. The summed E-state index contributed by atoms with van der Waals surface area (Å²) in [4.78, 5) is 11.7. The van der Waals surface area contributed by atoms with Crippen LogP contribution in [0.15, 0.2) is 42.5 Å². The van der Waals surface area contributed by atoms with Crippen molar-refractivity contribution in [2.75, 3.05) is 0 Å². The van der Waals surface area contributed by atoms with Crippen LogP contribution in [-0.4, -0.2) is 5.78 Å². The molecule has 0 saturated heterocycles. The van der Waals surface area contributed by atoms with Crippen LogP contribution in [0.1, 0.15) is 42.4 Å². The van der Waals surface area contributed by atoms with Crippen molar-refractivity contribution in [2.24, 2.45) is 0 Å². The van der Waals surface area contributed by atoms with Crippen molar-refractivity contribution < 1.29 is 4.79 Å². The number of carbonyl (C=O) groups is 1. The first-order valence-electron chi connectivity index (χ1n) is 7.43. The predicted octanol–water partition coefficient (Wildman–Crippen LogP) is 4.40. The molecule has 1 spiro atoms. The smallest absolute Gasteiger partial charge is 0.133 e. The van der Waals surface area contributed by atoms with Crippen LogP contribution >= 0.6 is 0 Å². The highest BCUT2D eigenvalue weighted by Crippen LogP contribution is 2.55. The van der Waals surface area contributed by atoms with E-state index in [0.717, 1.165) is 25.7 Å². The fraction of sp³-hybridized carbons (Fsp3) is 0.316. The van der Waals surface area contributed by atoms with Gasteiger partial charge in [0.05, 0.1) is 0 Å². The molecule has 20 heavy (non-hydrogen) atoms. The van der Waals surface area contributed by atoms with Gasteiger partial charge in [0, 0.05) is 18.3 Å². The number of benzene rings is 2. The molecule has 100 valence electrons. The average molecular weight is 262 g/mol. The molecule has 4 rings (SSSR count). The Balaban J connectivity index is 1.99. The minimum atomic E-state index is 0.0891. The highest BCUT2D eigenvalue weighted by Gasteiger charge is 2.44. The van der Waals surface area contributed by atoms with Crippen LogP contribution in [0.5, 0.6) is 0 Å². The molecule has 0 N–H and O–H groups in total. The summed E-state index contributed by atoms with van der Waals surface area (Å²) in [5.74, 6) is 0.425. The number of Topliss-reactive ketones (excluding diaryl/α,β-unsaturated/α-hetero) is 1. The number of rotatable bonds is 0. The van der Waals surface area contributed by atoms with Crippen molar-refractivity contribution in [1.82, 2.24) is 0 Å². The number of aryl methyl sites for hydroxylation is 1.